The van der Waals surface area contributed by atoms with Crippen molar-refractivity contribution >= 4 is 17.7 Å². The van der Waals surface area contributed by atoms with Crippen molar-refractivity contribution in [1.29, 1.82) is 0 Å². The quantitative estimate of drug-likeness (QED) is 0.441. The molecule has 2 rings (SSSR count). The molecule has 0 heterocycles. The summed E-state index contributed by atoms with van der Waals surface area (Å²) in [7, 11) is 0. The smallest absolute Gasteiger partial charge is 0.338 e. The molecular weight excluding hydrogens is 342 g/mol. The molecule has 0 aliphatic carbocycles. The van der Waals surface area contributed by atoms with E-state index in [4.69, 9.17) is 4.74 Å². The first-order valence-corrected chi connectivity index (χ1v) is 8.98. The molecule has 2 aromatic rings. The topological polar surface area (TPSA) is 72.5 Å². The van der Waals surface area contributed by atoms with Gasteiger partial charge in [-0.25, -0.2) is 4.79 Å². The van der Waals surface area contributed by atoms with Crippen molar-refractivity contribution in [3.8, 4) is 0 Å². The van der Waals surface area contributed by atoms with Crippen LogP contribution in [0.5, 0.6) is 0 Å². The third-order valence-corrected chi connectivity index (χ3v) is 4.23. The molecule has 0 fully saturated rings. The van der Waals surface area contributed by atoms with Crippen LogP contribution in [0.4, 0.5) is 0 Å². The van der Waals surface area contributed by atoms with E-state index < -0.39 is 5.97 Å². The van der Waals surface area contributed by atoms with Crippen molar-refractivity contribution in [2.24, 2.45) is 0 Å². The number of nitrogens with one attached hydrogen (secondary N) is 1. The number of carbonyl (C=O) groups is 3. The monoisotopic (exact) mass is 367 g/mol. The summed E-state index contributed by atoms with van der Waals surface area (Å²) in [5.41, 5.74) is 3.97. The number of hydrogen-bond donors (Lipinski definition) is 1. The second-order valence-electron chi connectivity index (χ2n) is 6.60. The molecule has 1 N–H and O–H groups in total. The summed E-state index contributed by atoms with van der Waals surface area (Å²) in [6.07, 6.45) is 1.65. The molecule has 0 aromatic heterocycles. The molecule has 0 aliphatic rings. The molecule has 5 heteroatoms. The lowest BCUT2D eigenvalue weighted by atomic mass is 10.0. The Morgan fingerprint density at radius 3 is 2.33 bits per heavy atom. The fourth-order valence-electron chi connectivity index (χ4n) is 2.75. The molecule has 0 saturated heterocycles. The third-order valence-electron chi connectivity index (χ3n) is 4.23. The number of aryl methyl sites for hydroxylation is 3. The van der Waals surface area contributed by atoms with Crippen molar-refractivity contribution in [2.75, 3.05) is 13.2 Å². The van der Waals surface area contributed by atoms with E-state index in [0.29, 0.717) is 17.7 Å². The molecule has 0 saturated carbocycles. The minimum absolute atomic E-state index is 0.0358. The van der Waals surface area contributed by atoms with Gasteiger partial charge in [-0.2, -0.15) is 0 Å². The number of amides is 1. The van der Waals surface area contributed by atoms with E-state index in [2.05, 4.69) is 5.32 Å². The van der Waals surface area contributed by atoms with Crippen molar-refractivity contribution in [3.63, 3.8) is 0 Å². The van der Waals surface area contributed by atoms with Gasteiger partial charge in [0, 0.05) is 19.0 Å². The third kappa shape index (κ3) is 6.37. The Hall–Kier alpha value is -2.95. The molecule has 0 spiro atoms. The maximum absolute atomic E-state index is 12.2. The van der Waals surface area contributed by atoms with Crippen LogP contribution in [-0.4, -0.2) is 30.8 Å². The highest BCUT2D eigenvalue weighted by Gasteiger charge is 2.14. The Labute approximate surface area is 159 Å². The summed E-state index contributed by atoms with van der Waals surface area (Å²) in [6, 6.07) is 12.7. The average molecular weight is 367 g/mol. The highest BCUT2D eigenvalue weighted by atomic mass is 16.5. The predicted octanol–water partition coefficient (Wildman–Crippen LogP) is 3.41. The number of ketones is 1. The standard InChI is InChI=1S/C22H25NO4/c1-15-6-11-20(16(2)13-15)22(26)27-14-21(25)19-9-7-18(8-10-19)5-4-12-23-17(3)24/h6-11,13H,4-5,12,14H2,1-3H3,(H,23,24). The summed E-state index contributed by atoms with van der Waals surface area (Å²) >= 11 is 0. The summed E-state index contributed by atoms with van der Waals surface area (Å²) in [6.45, 7) is 5.64. The highest BCUT2D eigenvalue weighted by Crippen LogP contribution is 2.13. The Morgan fingerprint density at radius 2 is 1.70 bits per heavy atom. The van der Waals surface area contributed by atoms with Gasteiger partial charge >= 0.3 is 5.97 Å². The van der Waals surface area contributed by atoms with Crippen LogP contribution in [0.2, 0.25) is 0 Å². The van der Waals surface area contributed by atoms with Crippen LogP contribution in [-0.2, 0) is 16.0 Å². The summed E-state index contributed by atoms with van der Waals surface area (Å²) < 4.78 is 5.17. The van der Waals surface area contributed by atoms with E-state index in [-0.39, 0.29) is 18.3 Å². The van der Waals surface area contributed by atoms with E-state index >= 15 is 0 Å². The molecule has 0 radical (unpaired) electrons. The van der Waals surface area contributed by atoms with Gasteiger partial charge in [-0.1, -0.05) is 42.0 Å². The zero-order chi connectivity index (χ0) is 19.8. The van der Waals surface area contributed by atoms with Gasteiger partial charge in [-0.3, -0.25) is 9.59 Å². The van der Waals surface area contributed by atoms with Crippen LogP contribution in [0.3, 0.4) is 0 Å². The normalized spacial score (nSPS) is 10.3. The van der Waals surface area contributed by atoms with Crippen LogP contribution < -0.4 is 5.32 Å². The maximum atomic E-state index is 12.2. The van der Waals surface area contributed by atoms with Crippen molar-refractivity contribution < 1.29 is 19.1 Å². The molecule has 0 unspecified atom stereocenters. The number of esters is 1. The summed E-state index contributed by atoms with van der Waals surface area (Å²) in [4.78, 5) is 35.2. The molecule has 0 atom stereocenters. The second kappa shape index (κ2) is 9.67. The molecule has 142 valence electrons. The minimum atomic E-state index is -0.490. The fourth-order valence-corrected chi connectivity index (χ4v) is 2.75. The highest BCUT2D eigenvalue weighted by molar-refractivity contribution is 5.99. The van der Waals surface area contributed by atoms with Gasteiger partial charge in [-0.15, -0.1) is 0 Å². The summed E-state index contributed by atoms with van der Waals surface area (Å²) in [5.74, 6) is -0.764. The van der Waals surface area contributed by atoms with Crippen LogP contribution in [0.1, 0.15) is 50.8 Å². The predicted molar refractivity (Wildman–Crippen MR) is 104 cm³/mol. The van der Waals surface area contributed by atoms with E-state index in [1.54, 1.807) is 18.2 Å². The Balaban J connectivity index is 1.85. The van der Waals surface area contributed by atoms with Crippen LogP contribution in [0.25, 0.3) is 0 Å². The Morgan fingerprint density at radius 1 is 1.00 bits per heavy atom. The Kier molecular flexibility index (Phi) is 7.29. The van der Waals surface area contributed by atoms with Gasteiger partial charge in [0.05, 0.1) is 5.56 Å². The number of carbonyl (C=O) groups excluding carboxylic acids is 3. The molecule has 1 amide bonds. The van der Waals surface area contributed by atoms with Gasteiger partial charge in [0.1, 0.15) is 0 Å². The van der Waals surface area contributed by atoms with Gasteiger partial charge in [0.2, 0.25) is 5.91 Å². The molecule has 5 nitrogen and oxygen atoms in total. The second-order valence-corrected chi connectivity index (χ2v) is 6.60. The molecular formula is C22H25NO4. The number of hydrogen-bond acceptors (Lipinski definition) is 4. The van der Waals surface area contributed by atoms with E-state index in [9.17, 15) is 14.4 Å². The minimum Gasteiger partial charge on any atom is -0.454 e. The van der Waals surface area contributed by atoms with Gasteiger partial charge in [0.15, 0.2) is 12.4 Å². The first-order chi connectivity index (χ1) is 12.9. The average Bonchev–Trinajstić information content (AvgIpc) is 2.63. The van der Waals surface area contributed by atoms with Gasteiger partial charge < -0.3 is 10.1 Å². The van der Waals surface area contributed by atoms with Gasteiger partial charge in [0.25, 0.3) is 0 Å². The van der Waals surface area contributed by atoms with Crippen molar-refractivity contribution in [3.05, 3.63) is 70.3 Å². The zero-order valence-electron chi connectivity index (χ0n) is 16.0. The van der Waals surface area contributed by atoms with E-state index in [1.165, 1.54) is 6.92 Å². The largest absolute Gasteiger partial charge is 0.454 e. The number of rotatable bonds is 8. The van der Waals surface area contributed by atoms with E-state index in [1.807, 2.05) is 38.1 Å². The number of ether oxygens (including phenoxy) is 1. The number of Topliss-reactive ketones (excluding diaryl/α,β-unsaturated/α-hetero) is 1. The maximum Gasteiger partial charge on any atom is 0.338 e. The zero-order valence-corrected chi connectivity index (χ0v) is 16.0. The molecule has 0 aliphatic heterocycles. The lowest BCUT2D eigenvalue weighted by molar-refractivity contribution is -0.118. The molecule has 0 bridgehead atoms. The Bertz CT molecular complexity index is 825. The SMILES string of the molecule is CC(=O)NCCCc1ccc(C(=O)COC(=O)c2ccc(C)cc2C)cc1. The first-order valence-electron chi connectivity index (χ1n) is 8.98. The fraction of sp³-hybridized carbons (Fsp3) is 0.318. The number of benzene rings is 2. The van der Waals surface area contributed by atoms with E-state index in [0.717, 1.165) is 29.5 Å². The lowest BCUT2D eigenvalue weighted by Crippen LogP contribution is -2.21. The lowest BCUT2D eigenvalue weighted by Gasteiger charge is -2.08. The van der Waals surface area contributed by atoms with Crippen molar-refractivity contribution in [2.45, 2.75) is 33.6 Å². The van der Waals surface area contributed by atoms with Crippen LogP contribution in [0, 0.1) is 13.8 Å². The van der Waals surface area contributed by atoms with Crippen molar-refractivity contribution in [1.82, 2.24) is 5.32 Å². The molecule has 2 aromatic carbocycles. The van der Waals surface area contributed by atoms with Crippen LogP contribution in [0.15, 0.2) is 42.5 Å². The summed E-state index contributed by atoms with van der Waals surface area (Å²) in [5, 5.41) is 2.75. The van der Waals surface area contributed by atoms with Crippen LogP contribution >= 0.6 is 0 Å². The molecule has 27 heavy (non-hydrogen) atoms. The van der Waals surface area contributed by atoms with Gasteiger partial charge in [-0.05, 0) is 43.9 Å². The first kappa shape index (κ1) is 20.4.